The average molecular weight is 219 g/mol. The van der Waals surface area contributed by atoms with Gasteiger partial charge in [-0.2, -0.15) is 12.6 Å². The van der Waals surface area contributed by atoms with E-state index in [1.54, 1.807) is 0 Å². The summed E-state index contributed by atoms with van der Waals surface area (Å²) >= 11 is 3.84. The van der Waals surface area contributed by atoms with Crippen LogP contribution in [-0.4, -0.2) is 30.0 Å². The van der Waals surface area contributed by atoms with Gasteiger partial charge < -0.3 is 5.32 Å². The van der Waals surface area contributed by atoms with Crippen molar-refractivity contribution in [3.63, 3.8) is 0 Å². The van der Waals surface area contributed by atoms with Crippen LogP contribution in [0.1, 0.15) is 13.3 Å². The first-order valence-corrected chi connectivity index (χ1v) is 4.62. The number of nitrogens with one attached hydrogen (secondary N) is 3. The number of hydrogen-bond donors (Lipinski definition) is 4. The van der Waals surface area contributed by atoms with Crippen LogP contribution in [0.3, 0.4) is 0 Å². The SMILES string of the molecule is CC(=O)NCC(=O)NNC(=O)CCS. The van der Waals surface area contributed by atoms with E-state index in [1.807, 2.05) is 0 Å². The van der Waals surface area contributed by atoms with Crippen LogP contribution in [0.15, 0.2) is 0 Å². The van der Waals surface area contributed by atoms with Gasteiger partial charge in [0, 0.05) is 13.3 Å². The maximum atomic E-state index is 10.9. The topological polar surface area (TPSA) is 87.3 Å². The standard InChI is InChI=1S/C7H13N3O3S/c1-5(11)8-4-7(13)10-9-6(12)2-3-14/h14H,2-4H2,1H3,(H,8,11)(H,9,12)(H,10,13). The third-order valence-corrected chi connectivity index (χ3v) is 1.40. The fourth-order valence-corrected chi connectivity index (χ4v) is 0.756. The smallest absolute Gasteiger partial charge is 0.257 e. The number of thiol groups is 1. The van der Waals surface area contributed by atoms with E-state index in [0.717, 1.165) is 0 Å². The largest absolute Gasteiger partial charge is 0.347 e. The van der Waals surface area contributed by atoms with E-state index in [2.05, 4.69) is 28.8 Å². The molecule has 0 radical (unpaired) electrons. The normalized spacial score (nSPS) is 9.00. The van der Waals surface area contributed by atoms with Crippen molar-refractivity contribution in [1.29, 1.82) is 0 Å². The molecule has 0 unspecified atom stereocenters. The summed E-state index contributed by atoms with van der Waals surface area (Å²) in [5, 5.41) is 2.28. The zero-order valence-corrected chi connectivity index (χ0v) is 8.69. The lowest BCUT2D eigenvalue weighted by atomic mass is 10.5. The molecule has 0 bridgehead atoms. The lowest BCUT2D eigenvalue weighted by molar-refractivity contribution is -0.129. The van der Waals surface area contributed by atoms with Crippen LogP contribution in [0.2, 0.25) is 0 Å². The lowest BCUT2D eigenvalue weighted by Gasteiger charge is -2.06. The van der Waals surface area contributed by atoms with Crippen LogP contribution in [-0.2, 0) is 14.4 Å². The van der Waals surface area contributed by atoms with Gasteiger partial charge in [-0.3, -0.25) is 25.2 Å². The van der Waals surface area contributed by atoms with Crippen LogP contribution in [0.5, 0.6) is 0 Å². The lowest BCUT2D eigenvalue weighted by Crippen LogP contribution is -2.46. The average Bonchev–Trinajstić information content (AvgIpc) is 2.12. The molecule has 0 aliphatic rings. The fraction of sp³-hybridized carbons (Fsp3) is 0.571. The van der Waals surface area contributed by atoms with E-state index in [4.69, 9.17) is 0 Å². The van der Waals surface area contributed by atoms with E-state index >= 15 is 0 Å². The molecule has 0 fully saturated rings. The summed E-state index contributed by atoms with van der Waals surface area (Å²) in [6, 6.07) is 0. The molecule has 6 nitrogen and oxygen atoms in total. The number of carbonyl (C=O) groups is 3. The van der Waals surface area contributed by atoms with Crippen molar-refractivity contribution in [2.24, 2.45) is 0 Å². The number of amides is 3. The molecule has 0 aromatic heterocycles. The summed E-state index contributed by atoms with van der Waals surface area (Å²) in [4.78, 5) is 32.1. The van der Waals surface area contributed by atoms with Crippen LogP contribution < -0.4 is 16.2 Å². The minimum absolute atomic E-state index is 0.156. The molecule has 3 N–H and O–H groups in total. The summed E-state index contributed by atoms with van der Waals surface area (Å²) in [7, 11) is 0. The monoisotopic (exact) mass is 219 g/mol. The minimum atomic E-state index is -0.479. The molecule has 0 heterocycles. The molecule has 0 aromatic rings. The van der Waals surface area contributed by atoms with Crippen molar-refractivity contribution < 1.29 is 14.4 Å². The second-order valence-corrected chi connectivity index (χ2v) is 2.93. The third-order valence-electron chi connectivity index (χ3n) is 1.18. The number of carbonyl (C=O) groups excluding carboxylic acids is 3. The first kappa shape index (κ1) is 12.8. The Morgan fingerprint density at radius 2 is 1.71 bits per heavy atom. The molecule has 0 rings (SSSR count). The molecule has 7 heteroatoms. The van der Waals surface area contributed by atoms with Gasteiger partial charge in [-0.05, 0) is 5.75 Å². The molecule has 80 valence electrons. The van der Waals surface area contributed by atoms with Crippen LogP contribution in [0, 0.1) is 0 Å². The van der Waals surface area contributed by atoms with Gasteiger partial charge in [0.05, 0.1) is 6.54 Å². The van der Waals surface area contributed by atoms with Crippen molar-refractivity contribution in [3.8, 4) is 0 Å². The van der Waals surface area contributed by atoms with Crippen molar-refractivity contribution in [3.05, 3.63) is 0 Å². The van der Waals surface area contributed by atoms with Gasteiger partial charge in [-0.25, -0.2) is 0 Å². The quantitative estimate of drug-likeness (QED) is 0.346. The van der Waals surface area contributed by atoms with Gasteiger partial charge >= 0.3 is 0 Å². The predicted molar refractivity (Wildman–Crippen MR) is 53.4 cm³/mol. The molecule has 0 aliphatic heterocycles. The highest BCUT2D eigenvalue weighted by Crippen LogP contribution is 1.80. The fourth-order valence-electron chi connectivity index (χ4n) is 0.552. The Balaban J connectivity index is 3.53. The zero-order valence-electron chi connectivity index (χ0n) is 7.79. The van der Waals surface area contributed by atoms with E-state index in [9.17, 15) is 14.4 Å². The van der Waals surface area contributed by atoms with Gasteiger partial charge in [0.1, 0.15) is 0 Å². The summed E-state index contributed by atoms with van der Waals surface area (Å²) in [5.41, 5.74) is 4.30. The second kappa shape index (κ2) is 7.19. The van der Waals surface area contributed by atoms with Crippen molar-refractivity contribution in [2.75, 3.05) is 12.3 Å². The first-order valence-electron chi connectivity index (χ1n) is 3.99. The number of hydrazine groups is 1. The van der Waals surface area contributed by atoms with Crippen LogP contribution in [0.4, 0.5) is 0 Å². The third kappa shape index (κ3) is 7.41. The Morgan fingerprint density at radius 1 is 1.14 bits per heavy atom. The van der Waals surface area contributed by atoms with Gasteiger partial charge in [0.15, 0.2) is 0 Å². The van der Waals surface area contributed by atoms with Crippen molar-refractivity contribution >= 4 is 30.4 Å². The van der Waals surface area contributed by atoms with Crippen molar-refractivity contribution in [1.82, 2.24) is 16.2 Å². The van der Waals surface area contributed by atoms with E-state index in [1.165, 1.54) is 6.92 Å². The Morgan fingerprint density at radius 3 is 2.21 bits per heavy atom. The van der Waals surface area contributed by atoms with Gasteiger partial charge in [-0.15, -0.1) is 0 Å². The van der Waals surface area contributed by atoms with Gasteiger partial charge in [-0.1, -0.05) is 0 Å². The minimum Gasteiger partial charge on any atom is -0.347 e. The van der Waals surface area contributed by atoms with Gasteiger partial charge in [0.2, 0.25) is 11.8 Å². The zero-order chi connectivity index (χ0) is 11.0. The highest BCUT2D eigenvalue weighted by atomic mass is 32.1. The Bertz CT molecular complexity index is 232. The molecule has 0 aromatic carbocycles. The summed E-state index contributed by atoms with van der Waals surface area (Å²) in [6.07, 6.45) is 0.226. The molecule has 0 atom stereocenters. The highest BCUT2D eigenvalue weighted by Gasteiger charge is 2.03. The number of hydrogen-bond acceptors (Lipinski definition) is 4. The second-order valence-electron chi connectivity index (χ2n) is 2.48. The molecule has 0 spiro atoms. The molecule has 0 saturated heterocycles. The molecular formula is C7H13N3O3S. The molecule has 0 saturated carbocycles. The van der Waals surface area contributed by atoms with Crippen LogP contribution >= 0.6 is 12.6 Å². The van der Waals surface area contributed by atoms with E-state index in [-0.39, 0.29) is 24.8 Å². The molecule has 0 aliphatic carbocycles. The molecule has 14 heavy (non-hydrogen) atoms. The summed E-state index contributed by atoms with van der Waals surface area (Å²) in [6.45, 7) is 1.14. The maximum absolute atomic E-state index is 10.9. The Kier molecular flexibility index (Phi) is 6.55. The Labute approximate surface area is 87.2 Å². The molecular weight excluding hydrogens is 206 g/mol. The predicted octanol–water partition coefficient (Wildman–Crippen LogP) is -1.41. The number of rotatable bonds is 4. The molecule has 3 amide bonds. The Hall–Kier alpha value is -1.24. The highest BCUT2D eigenvalue weighted by molar-refractivity contribution is 7.80. The first-order chi connectivity index (χ1) is 6.56. The summed E-state index contributed by atoms with van der Waals surface area (Å²) < 4.78 is 0. The van der Waals surface area contributed by atoms with Crippen LogP contribution in [0.25, 0.3) is 0 Å². The van der Waals surface area contributed by atoms with E-state index in [0.29, 0.717) is 5.75 Å². The van der Waals surface area contributed by atoms with Gasteiger partial charge in [0.25, 0.3) is 5.91 Å². The van der Waals surface area contributed by atoms with Crippen molar-refractivity contribution in [2.45, 2.75) is 13.3 Å². The maximum Gasteiger partial charge on any atom is 0.257 e. The summed E-state index contributed by atoms with van der Waals surface area (Å²) in [5.74, 6) is -0.696. The van der Waals surface area contributed by atoms with E-state index < -0.39 is 5.91 Å².